The van der Waals surface area contributed by atoms with Crippen LogP contribution in [0.2, 0.25) is 5.02 Å². The Labute approximate surface area is 114 Å². The van der Waals surface area contributed by atoms with Crippen LogP contribution in [0.4, 0.5) is 5.69 Å². The van der Waals surface area contributed by atoms with Gasteiger partial charge in [-0.05, 0) is 24.5 Å². The number of carbonyl (C=O) groups excluding carboxylic acids is 1. The van der Waals surface area contributed by atoms with Crippen LogP contribution in [0.25, 0.3) is 0 Å². The van der Waals surface area contributed by atoms with Crippen LogP contribution >= 0.6 is 35.1 Å². The van der Waals surface area contributed by atoms with Crippen molar-refractivity contribution in [2.45, 2.75) is 10.9 Å². The van der Waals surface area contributed by atoms with Crippen molar-refractivity contribution in [3.8, 4) is 0 Å². The maximum atomic E-state index is 11.8. The van der Waals surface area contributed by atoms with E-state index in [9.17, 15) is 4.79 Å². The van der Waals surface area contributed by atoms with Crippen LogP contribution in [0.15, 0.2) is 23.1 Å². The fourth-order valence-corrected chi connectivity index (χ4v) is 3.35. The van der Waals surface area contributed by atoms with Crippen LogP contribution in [0.1, 0.15) is 0 Å². The SMILES string of the molecule is CSc1ccc(NC(=O)C2CSCN2)cc1Cl. The molecule has 1 unspecified atom stereocenters. The van der Waals surface area contributed by atoms with E-state index in [0.717, 1.165) is 22.2 Å². The number of hydrogen-bond acceptors (Lipinski definition) is 4. The molecule has 0 spiro atoms. The summed E-state index contributed by atoms with van der Waals surface area (Å²) >= 11 is 9.40. The molecule has 3 nitrogen and oxygen atoms in total. The van der Waals surface area contributed by atoms with Crippen LogP contribution in [0.3, 0.4) is 0 Å². The average Bonchev–Trinajstić information content (AvgIpc) is 2.82. The first-order chi connectivity index (χ1) is 8.20. The average molecular weight is 289 g/mol. The van der Waals surface area contributed by atoms with Gasteiger partial charge in [-0.2, -0.15) is 0 Å². The molecular formula is C11H13ClN2OS2. The van der Waals surface area contributed by atoms with Gasteiger partial charge in [0.2, 0.25) is 5.91 Å². The third-order valence-corrected chi connectivity index (χ3v) is 4.61. The topological polar surface area (TPSA) is 41.1 Å². The van der Waals surface area contributed by atoms with E-state index in [1.807, 2.05) is 18.4 Å². The number of hydrogen-bond donors (Lipinski definition) is 2. The lowest BCUT2D eigenvalue weighted by atomic mass is 10.2. The summed E-state index contributed by atoms with van der Waals surface area (Å²) in [5, 5.41) is 6.67. The number of anilines is 1. The first kappa shape index (κ1) is 13.1. The Balaban J connectivity index is 2.03. The third kappa shape index (κ3) is 3.31. The minimum atomic E-state index is -0.0981. The molecule has 1 aliphatic rings. The maximum Gasteiger partial charge on any atom is 0.242 e. The van der Waals surface area contributed by atoms with Crippen LogP contribution in [0, 0.1) is 0 Å². The molecule has 1 aromatic rings. The second kappa shape index (κ2) is 6.00. The van der Waals surface area contributed by atoms with Crippen LogP contribution in [0.5, 0.6) is 0 Å². The lowest BCUT2D eigenvalue weighted by Gasteiger charge is -2.11. The van der Waals surface area contributed by atoms with Gasteiger partial charge in [0.05, 0.1) is 11.1 Å². The van der Waals surface area contributed by atoms with Crippen LogP contribution in [-0.4, -0.2) is 29.8 Å². The Morgan fingerprint density at radius 1 is 1.65 bits per heavy atom. The lowest BCUT2D eigenvalue weighted by molar-refractivity contribution is -0.117. The largest absolute Gasteiger partial charge is 0.325 e. The molecule has 2 rings (SSSR count). The molecule has 1 aliphatic heterocycles. The summed E-state index contributed by atoms with van der Waals surface area (Å²) in [6.07, 6.45) is 1.97. The molecule has 1 amide bonds. The molecule has 1 fully saturated rings. The Kier molecular flexibility index (Phi) is 4.62. The number of carbonyl (C=O) groups is 1. The number of rotatable bonds is 3. The summed E-state index contributed by atoms with van der Waals surface area (Å²) in [6, 6.07) is 5.48. The van der Waals surface area contributed by atoms with Crippen molar-refractivity contribution < 1.29 is 4.79 Å². The summed E-state index contributed by atoms with van der Waals surface area (Å²) in [7, 11) is 0. The quantitative estimate of drug-likeness (QED) is 0.839. The molecule has 0 bridgehead atoms. The predicted molar refractivity (Wildman–Crippen MR) is 76.1 cm³/mol. The monoisotopic (exact) mass is 288 g/mol. The van der Waals surface area contributed by atoms with Crippen LogP contribution in [-0.2, 0) is 4.79 Å². The van der Waals surface area contributed by atoms with Crippen molar-refractivity contribution in [2.24, 2.45) is 0 Å². The maximum absolute atomic E-state index is 11.8. The number of nitrogens with one attached hydrogen (secondary N) is 2. The van der Waals surface area contributed by atoms with Gasteiger partial charge in [0.15, 0.2) is 0 Å². The highest BCUT2D eigenvalue weighted by Crippen LogP contribution is 2.28. The van der Waals surface area contributed by atoms with Crippen molar-refractivity contribution in [1.29, 1.82) is 0 Å². The lowest BCUT2D eigenvalue weighted by Crippen LogP contribution is -2.37. The Morgan fingerprint density at radius 2 is 2.47 bits per heavy atom. The molecule has 2 N–H and O–H groups in total. The smallest absolute Gasteiger partial charge is 0.242 e. The van der Waals surface area contributed by atoms with E-state index < -0.39 is 0 Å². The second-order valence-electron chi connectivity index (χ2n) is 3.61. The highest BCUT2D eigenvalue weighted by molar-refractivity contribution is 7.99. The number of halogens is 1. The molecular weight excluding hydrogens is 276 g/mol. The minimum Gasteiger partial charge on any atom is -0.325 e. The van der Waals surface area contributed by atoms with E-state index in [-0.39, 0.29) is 11.9 Å². The summed E-state index contributed by atoms with van der Waals surface area (Å²) < 4.78 is 0. The molecule has 1 atom stereocenters. The fraction of sp³-hybridized carbons (Fsp3) is 0.364. The Morgan fingerprint density at radius 3 is 3.06 bits per heavy atom. The summed E-state index contributed by atoms with van der Waals surface area (Å²) in [6.45, 7) is 0. The first-order valence-corrected chi connectivity index (χ1v) is 7.92. The van der Waals surface area contributed by atoms with Gasteiger partial charge in [0, 0.05) is 22.2 Å². The normalized spacial score (nSPS) is 19.3. The molecule has 6 heteroatoms. The molecule has 1 heterocycles. The van der Waals surface area contributed by atoms with E-state index in [1.165, 1.54) is 0 Å². The molecule has 1 aromatic carbocycles. The third-order valence-electron chi connectivity index (χ3n) is 2.45. The Bertz CT molecular complexity index is 422. The minimum absolute atomic E-state index is 0.00275. The number of amides is 1. The van der Waals surface area contributed by atoms with E-state index in [1.54, 1.807) is 29.6 Å². The highest BCUT2D eigenvalue weighted by Gasteiger charge is 2.22. The van der Waals surface area contributed by atoms with Gasteiger partial charge in [-0.3, -0.25) is 10.1 Å². The second-order valence-corrected chi connectivity index (χ2v) is 5.90. The van der Waals surface area contributed by atoms with Gasteiger partial charge in [-0.25, -0.2) is 0 Å². The zero-order valence-electron chi connectivity index (χ0n) is 9.33. The zero-order chi connectivity index (χ0) is 12.3. The van der Waals surface area contributed by atoms with Gasteiger partial charge in [0.25, 0.3) is 0 Å². The highest BCUT2D eigenvalue weighted by atomic mass is 35.5. The van der Waals surface area contributed by atoms with Crippen molar-refractivity contribution in [3.63, 3.8) is 0 Å². The van der Waals surface area contributed by atoms with Gasteiger partial charge in [-0.15, -0.1) is 23.5 Å². The standard InChI is InChI=1S/C11H13ClN2OS2/c1-16-10-3-2-7(4-8(10)12)14-11(15)9-5-17-6-13-9/h2-4,9,13H,5-6H2,1H3,(H,14,15). The molecule has 17 heavy (non-hydrogen) atoms. The van der Waals surface area contributed by atoms with Crippen molar-refractivity contribution in [2.75, 3.05) is 23.2 Å². The first-order valence-electron chi connectivity index (χ1n) is 5.16. The van der Waals surface area contributed by atoms with Crippen molar-refractivity contribution in [3.05, 3.63) is 23.2 Å². The Hall–Kier alpha value is -0.360. The van der Waals surface area contributed by atoms with Gasteiger partial charge >= 0.3 is 0 Å². The van der Waals surface area contributed by atoms with Gasteiger partial charge in [0.1, 0.15) is 0 Å². The van der Waals surface area contributed by atoms with E-state index >= 15 is 0 Å². The van der Waals surface area contributed by atoms with E-state index in [0.29, 0.717) is 5.02 Å². The predicted octanol–water partition coefficient (Wildman–Crippen LogP) is 2.66. The number of thioether (sulfide) groups is 2. The summed E-state index contributed by atoms with van der Waals surface area (Å²) in [5.41, 5.74) is 0.747. The molecule has 0 aromatic heterocycles. The van der Waals surface area contributed by atoms with Crippen LogP contribution < -0.4 is 10.6 Å². The molecule has 92 valence electrons. The molecule has 0 saturated carbocycles. The van der Waals surface area contributed by atoms with Crippen molar-refractivity contribution >= 4 is 46.7 Å². The molecule has 0 aliphatic carbocycles. The molecule has 0 radical (unpaired) electrons. The van der Waals surface area contributed by atoms with Gasteiger partial charge < -0.3 is 5.32 Å². The van der Waals surface area contributed by atoms with E-state index in [4.69, 9.17) is 11.6 Å². The summed E-state index contributed by atoms with van der Waals surface area (Å²) in [4.78, 5) is 12.9. The van der Waals surface area contributed by atoms with Gasteiger partial charge in [-0.1, -0.05) is 11.6 Å². The van der Waals surface area contributed by atoms with E-state index in [2.05, 4.69) is 10.6 Å². The summed E-state index contributed by atoms with van der Waals surface area (Å²) in [5.74, 6) is 1.66. The number of benzene rings is 1. The van der Waals surface area contributed by atoms with Crippen molar-refractivity contribution in [1.82, 2.24) is 5.32 Å². The molecule has 1 saturated heterocycles. The zero-order valence-corrected chi connectivity index (χ0v) is 11.7. The fourth-order valence-electron chi connectivity index (χ4n) is 1.54.